The molecule has 2 atom stereocenters. The van der Waals surface area contributed by atoms with Gasteiger partial charge in [0.2, 0.25) is 5.91 Å². The highest BCUT2D eigenvalue weighted by Crippen LogP contribution is 2.11. The van der Waals surface area contributed by atoms with Gasteiger partial charge in [-0.1, -0.05) is 6.42 Å². The molecule has 1 fully saturated rings. The Balaban J connectivity index is 2.29. The third kappa shape index (κ3) is 4.34. The fraction of sp³-hybridized carbons (Fsp3) is 0.833. The molecule has 2 N–H and O–H groups in total. The number of carbonyl (C=O) groups is 2. The molecule has 1 rings (SSSR count). The summed E-state index contributed by atoms with van der Waals surface area (Å²) < 4.78 is 0. The Kier molecular flexibility index (Phi) is 5.41. The van der Waals surface area contributed by atoms with Crippen LogP contribution >= 0.6 is 0 Å². The van der Waals surface area contributed by atoms with Crippen molar-refractivity contribution in [1.82, 2.24) is 10.2 Å². The third-order valence-corrected chi connectivity index (χ3v) is 3.35. The van der Waals surface area contributed by atoms with Gasteiger partial charge in [0, 0.05) is 12.6 Å². The average Bonchev–Trinajstić information content (AvgIpc) is 2.35. The van der Waals surface area contributed by atoms with Crippen LogP contribution in [0.25, 0.3) is 0 Å². The summed E-state index contributed by atoms with van der Waals surface area (Å²) in [5, 5.41) is 11.4. The van der Waals surface area contributed by atoms with Crippen LogP contribution in [0.1, 0.15) is 33.1 Å². The van der Waals surface area contributed by atoms with Crippen LogP contribution in [0.3, 0.4) is 0 Å². The van der Waals surface area contributed by atoms with Crippen molar-refractivity contribution >= 4 is 11.9 Å². The van der Waals surface area contributed by atoms with Gasteiger partial charge in [-0.15, -0.1) is 0 Å². The van der Waals surface area contributed by atoms with E-state index in [-0.39, 0.29) is 6.04 Å². The van der Waals surface area contributed by atoms with Crippen LogP contribution in [-0.2, 0) is 9.59 Å². The van der Waals surface area contributed by atoms with Gasteiger partial charge < -0.3 is 10.4 Å². The first-order valence-electron chi connectivity index (χ1n) is 6.27. The van der Waals surface area contributed by atoms with Crippen LogP contribution in [-0.4, -0.2) is 47.6 Å². The van der Waals surface area contributed by atoms with Crippen LogP contribution < -0.4 is 5.32 Å². The van der Waals surface area contributed by atoms with Gasteiger partial charge in [0.15, 0.2) is 0 Å². The molecule has 17 heavy (non-hydrogen) atoms. The SMILES string of the molecule is CC(C(=O)O)C(=O)NCC(C)N1CCCCC1. The van der Waals surface area contributed by atoms with Crippen LogP contribution in [0.15, 0.2) is 0 Å². The molecule has 1 heterocycles. The van der Waals surface area contributed by atoms with Gasteiger partial charge in [0.25, 0.3) is 0 Å². The van der Waals surface area contributed by atoms with Crippen molar-refractivity contribution in [3.63, 3.8) is 0 Å². The monoisotopic (exact) mass is 242 g/mol. The van der Waals surface area contributed by atoms with Gasteiger partial charge in [0.1, 0.15) is 5.92 Å². The maximum Gasteiger partial charge on any atom is 0.315 e. The van der Waals surface area contributed by atoms with Crippen molar-refractivity contribution < 1.29 is 14.7 Å². The summed E-state index contributed by atoms with van der Waals surface area (Å²) in [7, 11) is 0. The zero-order valence-corrected chi connectivity index (χ0v) is 10.6. The fourth-order valence-corrected chi connectivity index (χ4v) is 2.00. The number of carboxylic acid groups (broad SMARTS) is 1. The number of likely N-dealkylation sites (tertiary alicyclic amines) is 1. The predicted octanol–water partition coefficient (Wildman–Crippen LogP) is 0.698. The minimum Gasteiger partial charge on any atom is -0.481 e. The van der Waals surface area contributed by atoms with E-state index in [0.717, 1.165) is 13.1 Å². The summed E-state index contributed by atoms with van der Waals surface area (Å²) in [5.74, 6) is -2.45. The topological polar surface area (TPSA) is 69.6 Å². The highest BCUT2D eigenvalue weighted by atomic mass is 16.4. The summed E-state index contributed by atoms with van der Waals surface area (Å²) >= 11 is 0. The second-order valence-corrected chi connectivity index (χ2v) is 4.75. The Hall–Kier alpha value is -1.10. The average molecular weight is 242 g/mol. The van der Waals surface area contributed by atoms with Gasteiger partial charge in [-0.05, 0) is 39.8 Å². The lowest BCUT2D eigenvalue weighted by Crippen LogP contribution is -2.46. The second-order valence-electron chi connectivity index (χ2n) is 4.75. The van der Waals surface area contributed by atoms with Crippen molar-refractivity contribution in [2.75, 3.05) is 19.6 Å². The first-order valence-corrected chi connectivity index (χ1v) is 6.27. The number of rotatable bonds is 5. The number of piperidine rings is 1. The molecule has 0 saturated carbocycles. The number of nitrogens with one attached hydrogen (secondary N) is 1. The molecule has 0 spiro atoms. The first-order chi connectivity index (χ1) is 8.02. The highest BCUT2D eigenvalue weighted by molar-refractivity contribution is 5.96. The van der Waals surface area contributed by atoms with E-state index in [9.17, 15) is 9.59 Å². The maximum atomic E-state index is 11.5. The fourth-order valence-electron chi connectivity index (χ4n) is 2.00. The summed E-state index contributed by atoms with van der Waals surface area (Å²) in [6.07, 6.45) is 3.71. The number of hydrogen-bond donors (Lipinski definition) is 2. The quantitative estimate of drug-likeness (QED) is 0.696. The third-order valence-electron chi connectivity index (χ3n) is 3.35. The minimum atomic E-state index is -1.08. The molecule has 1 aliphatic heterocycles. The molecule has 1 amide bonds. The second kappa shape index (κ2) is 6.59. The Bertz CT molecular complexity index is 275. The van der Waals surface area contributed by atoms with E-state index < -0.39 is 17.8 Å². The molecule has 5 heteroatoms. The maximum absolute atomic E-state index is 11.5. The lowest BCUT2D eigenvalue weighted by molar-refractivity contribution is -0.146. The number of carboxylic acids is 1. The van der Waals surface area contributed by atoms with Gasteiger partial charge >= 0.3 is 5.97 Å². The standard InChI is InChI=1S/C12H22N2O3/c1-9(14-6-4-3-5-7-14)8-13-11(15)10(2)12(16)17/h9-10H,3-8H2,1-2H3,(H,13,15)(H,16,17). The summed E-state index contributed by atoms with van der Waals surface area (Å²) in [4.78, 5) is 24.4. The zero-order valence-electron chi connectivity index (χ0n) is 10.6. The van der Waals surface area contributed by atoms with Crippen LogP contribution in [0.5, 0.6) is 0 Å². The van der Waals surface area contributed by atoms with Gasteiger partial charge in [-0.3, -0.25) is 14.5 Å². The molecule has 0 aromatic rings. The molecule has 98 valence electrons. The Morgan fingerprint density at radius 3 is 2.35 bits per heavy atom. The van der Waals surface area contributed by atoms with Crippen molar-refractivity contribution in [3.05, 3.63) is 0 Å². The zero-order chi connectivity index (χ0) is 12.8. The highest BCUT2D eigenvalue weighted by Gasteiger charge is 2.22. The minimum absolute atomic E-state index is 0.278. The van der Waals surface area contributed by atoms with Crippen molar-refractivity contribution in [1.29, 1.82) is 0 Å². The normalized spacial score (nSPS) is 20.6. The molecule has 5 nitrogen and oxygen atoms in total. The summed E-state index contributed by atoms with van der Waals surface area (Å²) in [6.45, 7) is 6.15. The summed E-state index contributed by atoms with van der Waals surface area (Å²) in [5.41, 5.74) is 0. The van der Waals surface area contributed by atoms with E-state index in [1.807, 2.05) is 0 Å². The smallest absolute Gasteiger partial charge is 0.315 e. The van der Waals surface area contributed by atoms with Gasteiger partial charge in [-0.25, -0.2) is 0 Å². The molecule has 0 aliphatic carbocycles. The predicted molar refractivity (Wildman–Crippen MR) is 64.7 cm³/mol. The number of nitrogens with zero attached hydrogens (tertiary/aromatic N) is 1. The Morgan fingerprint density at radius 2 is 1.82 bits per heavy atom. The molecule has 1 saturated heterocycles. The number of amides is 1. The first kappa shape index (κ1) is 14.0. The van der Waals surface area contributed by atoms with Crippen LogP contribution in [0, 0.1) is 5.92 Å². The van der Waals surface area contributed by atoms with E-state index in [1.165, 1.54) is 26.2 Å². The van der Waals surface area contributed by atoms with Gasteiger partial charge in [-0.2, -0.15) is 0 Å². The molecule has 0 radical (unpaired) electrons. The Morgan fingerprint density at radius 1 is 1.24 bits per heavy atom. The van der Waals surface area contributed by atoms with Gasteiger partial charge in [0.05, 0.1) is 0 Å². The summed E-state index contributed by atoms with van der Waals surface area (Å²) in [6, 6.07) is 0.278. The van der Waals surface area contributed by atoms with E-state index in [0.29, 0.717) is 6.54 Å². The van der Waals surface area contributed by atoms with E-state index in [1.54, 1.807) is 0 Å². The number of aliphatic carboxylic acids is 1. The molecule has 0 bridgehead atoms. The largest absolute Gasteiger partial charge is 0.481 e. The molecule has 0 aromatic heterocycles. The number of carbonyl (C=O) groups excluding carboxylic acids is 1. The van der Waals surface area contributed by atoms with E-state index in [2.05, 4.69) is 17.1 Å². The molecular weight excluding hydrogens is 220 g/mol. The van der Waals surface area contributed by atoms with Crippen molar-refractivity contribution in [2.45, 2.75) is 39.2 Å². The lowest BCUT2D eigenvalue weighted by atomic mass is 10.1. The lowest BCUT2D eigenvalue weighted by Gasteiger charge is -2.32. The molecule has 0 aromatic carbocycles. The van der Waals surface area contributed by atoms with E-state index in [4.69, 9.17) is 5.11 Å². The number of hydrogen-bond acceptors (Lipinski definition) is 3. The molecular formula is C12H22N2O3. The Labute approximate surface area is 102 Å². The van der Waals surface area contributed by atoms with Crippen molar-refractivity contribution in [3.8, 4) is 0 Å². The van der Waals surface area contributed by atoms with Crippen LogP contribution in [0.2, 0.25) is 0 Å². The van der Waals surface area contributed by atoms with Crippen LogP contribution in [0.4, 0.5) is 0 Å². The molecule has 1 aliphatic rings. The molecule has 2 unspecified atom stereocenters. The van der Waals surface area contributed by atoms with E-state index >= 15 is 0 Å². The van der Waals surface area contributed by atoms with Crippen molar-refractivity contribution in [2.24, 2.45) is 5.92 Å².